The molecule has 6 aromatic rings. The molecule has 0 heterocycles. The standard InChI is InChI=1S/C15H14ClNO2.C15H14FNO2.C14H12FNO2.CH4/c2*1-10-3-6-14(15(7-10)19-9-18)17-12-4-5-13(16)11(2)8-12;1-10-8-11(6-7-12(10)15)16-13-4-2-3-5-14(13)18-9-17;/h2*3-9,17H,1-2H3;2-9,16H,1H3;1H4. The smallest absolute Gasteiger partial charge is 0.298 e. The number of hydrogen-bond donors (Lipinski definition) is 3. The summed E-state index contributed by atoms with van der Waals surface area (Å²) in [6.07, 6.45) is 0. The molecule has 0 aromatic heterocycles. The molecule has 0 saturated carbocycles. The first kappa shape index (κ1) is 44.7. The van der Waals surface area contributed by atoms with E-state index in [0.29, 0.717) is 59.2 Å². The van der Waals surface area contributed by atoms with E-state index in [1.165, 1.54) is 12.1 Å². The molecule has 12 heteroatoms. The van der Waals surface area contributed by atoms with Crippen LogP contribution in [0.2, 0.25) is 5.02 Å². The highest BCUT2D eigenvalue weighted by Gasteiger charge is 2.08. The van der Waals surface area contributed by atoms with Gasteiger partial charge in [0.25, 0.3) is 19.4 Å². The van der Waals surface area contributed by atoms with Gasteiger partial charge >= 0.3 is 0 Å². The third-order valence-corrected chi connectivity index (χ3v) is 8.42. The molecule has 0 amide bonds. The molecule has 0 unspecified atom stereocenters. The van der Waals surface area contributed by atoms with Crippen LogP contribution in [0.3, 0.4) is 0 Å². The van der Waals surface area contributed by atoms with Crippen molar-refractivity contribution in [3.63, 3.8) is 0 Å². The van der Waals surface area contributed by atoms with Gasteiger partial charge in [0.05, 0.1) is 17.1 Å². The molecule has 9 nitrogen and oxygen atoms in total. The molecule has 0 bridgehead atoms. The summed E-state index contributed by atoms with van der Waals surface area (Å²) in [7, 11) is 0. The van der Waals surface area contributed by atoms with E-state index >= 15 is 0 Å². The number of nitrogens with one attached hydrogen (secondary N) is 3. The highest BCUT2D eigenvalue weighted by Crippen LogP contribution is 2.31. The van der Waals surface area contributed by atoms with Crippen molar-refractivity contribution in [1.29, 1.82) is 0 Å². The molecule has 0 spiro atoms. The maximum atomic E-state index is 13.2. The first-order valence-electron chi connectivity index (χ1n) is 17.1. The summed E-state index contributed by atoms with van der Waals surface area (Å²) >= 11 is 5.99. The minimum atomic E-state index is -0.252. The number of halogens is 3. The molecule has 6 rings (SSSR count). The van der Waals surface area contributed by atoms with Crippen molar-refractivity contribution >= 4 is 65.1 Å². The Morgan fingerprint density at radius 3 is 1.28 bits per heavy atom. The second-order valence-corrected chi connectivity index (χ2v) is 12.8. The van der Waals surface area contributed by atoms with Crippen LogP contribution in [-0.4, -0.2) is 19.4 Å². The normalized spacial score (nSPS) is 9.82. The van der Waals surface area contributed by atoms with Crippen LogP contribution in [0.1, 0.15) is 35.2 Å². The molecule has 296 valence electrons. The summed E-state index contributed by atoms with van der Waals surface area (Å²) in [5.74, 6) is 0.867. The second kappa shape index (κ2) is 22.0. The molecule has 0 aliphatic heterocycles. The van der Waals surface area contributed by atoms with Gasteiger partial charge in [-0.15, -0.1) is 0 Å². The molecule has 0 atom stereocenters. The van der Waals surface area contributed by atoms with E-state index in [-0.39, 0.29) is 19.1 Å². The minimum absolute atomic E-state index is 0. The number of aryl methyl sites for hydroxylation is 5. The third-order valence-electron chi connectivity index (χ3n) is 8.00. The van der Waals surface area contributed by atoms with Gasteiger partial charge in [-0.1, -0.05) is 43.3 Å². The van der Waals surface area contributed by atoms with Crippen LogP contribution in [0.25, 0.3) is 0 Å². The third kappa shape index (κ3) is 13.5. The zero-order valence-corrected chi connectivity index (χ0v) is 32.0. The van der Waals surface area contributed by atoms with Gasteiger partial charge < -0.3 is 30.2 Å². The Morgan fingerprint density at radius 1 is 0.474 bits per heavy atom. The van der Waals surface area contributed by atoms with Crippen molar-refractivity contribution < 1.29 is 37.4 Å². The van der Waals surface area contributed by atoms with E-state index in [1.807, 2.05) is 69.3 Å². The molecule has 57 heavy (non-hydrogen) atoms. The summed E-state index contributed by atoms with van der Waals surface area (Å²) in [5, 5.41) is 10.1. The predicted octanol–water partition coefficient (Wildman–Crippen LogP) is 12.0. The lowest BCUT2D eigenvalue weighted by molar-refractivity contribution is -0.121. The van der Waals surface area contributed by atoms with E-state index in [1.54, 1.807) is 68.4 Å². The summed E-state index contributed by atoms with van der Waals surface area (Å²) in [6, 6.07) is 33.2. The van der Waals surface area contributed by atoms with E-state index in [2.05, 4.69) is 16.0 Å². The first-order chi connectivity index (χ1) is 26.9. The predicted molar refractivity (Wildman–Crippen MR) is 224 cm³/mol. The Hall–Kier alpha value is -6.72. The largest absolute Gasteiger partial charge is 0.427 e. The minimum Gasteiger partial charge on any atom is -0.427 e. The molecule has 0 fully saturated rings. The summed E-state index contributed by atoms with van der Waals surface area (Å²) in [4.78, 5) is 31.4. The van der Waals surface area contributed by atoms with Crippen LogP contribution >= 0.6 is 11.6 Å². The topological polar surface area (TPSA) is 115 Å². The fraction of sp³-hybridized carbons (Fsp3) is 0.133. The van der Waals surface area contributed by atoms with Crippen LogP contribution < -0.4 is 30.2 Å². The lowest BCUT2D eigenvalue weighted by Gasteiger charge is -2.12. The summed E-state index contributed by atoms with van der Waals surface area (Å²) in [6.45, 7) is 10.3. The van der Waals surface area contributed by atoms with Crippen molar-refractivity contribution in [3.05, 3.63) is 160 Å². The van der Waals surface area contributed by atoms with Crippen LogP contribution in [-0.2, 0) is 14.4 Å². The quantitative estimate of drug-likeness (QED) is 0.104. The van der Waals surface area contributed by atoms with Crippen LogP contribution in [0.4, 0.5) is 42.9 Å². The highest BCUT2D eigenvalue weighted by molar-refractivity contribution is 6.31. The van der Waals surface area contributed by atoms with Gasteiger partial charge in [0.15, 0.2) is 17.2 Å². The zero-order valence-electron chi connectivity index (χ0n) is 31.3. The second-order valence-electron chi connectivity index (χ2n) is 12.4. The number of para-hydroxylation sites is 2. The van der Waals surface area contributed by atoms with Crippen molar-refractivity contribution in [2.24, 2.45) is 0 Å². The lowest BCUT2D eigenvalue weighted by Crippen LogP contribution is -1.97. The van der Waals surface area contributed by atoms with E-state index in [4.69, 9.17) is 25.8 Å². The first-order valence-corrected chi connectivity index (χ1v) is 17.5. The summed E-state index contributed by atoms with van der Waals surface area (Å²) in [5.41, 5.74) is 8.49. The van der Waals surface area contributed by atoms with E-state index < -0.39 is 0 Å². The molecular formula is C45H44ClF2N3O6. The lowest BCUT2D eigenvalue weighted by atomic mass is 10.1. The van der Waals surface area contributed by atoms with Crippen molar-refractivity contribution in [2.45, 2.75) is 42.0 Å². The molecule has 3 N–H and O–H groups in total. The van der Waals surface area contributed by atoms with E-state index in [9.17, 15) is 23.2 Å². The Morgan fingerprint density at radius 2 is 0.860 bits per heavy atom. The average Bonchev–Trinajstić information content (AvgIpc) is 3.17. The Bertz CT molecular complexity index is 2190. The van der Waals surface area contributed by atoms with Crippen molar-refractivity contribution in [1.82, 2.24) is 0 Å². The summed E-state index contributed by atoms with van der Waals surface area (Å²) < 4.78 is 41.1. The van der Waals surface area contributed by atoms with Gasteiger partial charge in [-0.2, -0.15) is 0 Å². The molecule has 0 aliphatic rings. The zero-order chi connectivity index (χ0) is 40.6. The SMILES string of the molecule is C.Cc1cc(Nc2ccccc2OC=O)ccc1F.Cc1ccc(Nc2ccc(Cl)c(C)c2)c(OC=O)c1.Cc1ccc(Nc2ccc(F)c(C)c2)c(OC=O)c1. The van der Waals surface area contributed by atoms with Crippen LogP contribution in [0.15, 0.2) is 115 Å². The van der Waals surface area contributed by atoms with Gasteiger partial charge in [-0.3, -0.25) is 14.4 Å². The maximum Gasteiger partial charge on any atom is 0.298 e. The molecular weight excluding hydrogens is 752 g/mol. The van der Waals surface area contributed by atoms with E-state index in [0.717, 1.165) is 44.5 Å². The van der Waals surface area contributed by atoms with Gasteiger partial charge in [-0.25, -0.2) is 8.78 Å². The molecule has 0 aliphatic carbocycles. The molecule has 0 radical (unpaired) electrons. The van der Waals surface area contributed by atoms with Gasteiger partial charge in [0.1, 0.15) is 11.6 Å². The number of carbonyl (C=O) groups excluding carboxylic acids is 3. The van der Waals surface area contributed by atoms with Gasteiger partial charge in [-0.05, 0) is 153 Å². The van der Waals surface area contributed by atoms with Crippen molar-refractivity contribution in [3.8, 4) is 17.2 Å². The molecule has 6 aromatic carbocycles. The number of anilines is 6. The van der Waals surface area contributed by atoms with Crippen LogP contribution in [0.5, 0.6) is 17.2 Å². The Kier molecular flexibility index (Phi) is 17.2. The number of carbonyl (C=O) groups is 3. The van der Waals surface area contributed by atoms with Crippen molar-refractivity contribution in [2.75, 3.05) is 16.0 Å². The highest BCUT2D eigenvalue weighted by atomic mass is 35.5. The monoisotopic (exact) mass is 795 g/mol. The fourth-order valence-corrected chi connectivity index (χ4v) is 5.24. The number of ether oxygens (including phenoxy) is 3. The van der Waals surface area contributed by atoms with Gasteiger partial charge in [0, 0.05) is 22.1 Å². The maximum absolute atomic E-state index is 13.2. The van der Waals surface area contributed by atoms with Crippen LogP contribution in [0, 0.1) is 46.3 Å². The number of benzene rings is 6. The average molecular weight is 796 g/mol. The Balaban J connectivity index is 0.000000227. The fourth-order valence-electron chi connectivity index (χ4n) is 5.12. The Labute approximate surface area is 336 Å². The van der Waals surface area contributed by atoms with Gasteiger partial charge in [0.2, 0.25) is 0 Å². The number of hydrogen-bond acceptors (Lipinski definition) is 9. The number of rotatable bonds is 12. The molecule has 0 saturated heterocycles.